The molecular weight excluding hydrogens is 385 g/mol. The lowest BCUT2D eigenvalue weighted by molar-refractivity contribution is -0.133. The fraction of sp³-hybridized carbons (Fsp3) is 0.579. The Balaban J connectivity index is 0.00000131. The first-order valence-electron chi connectivity index (χ1n) is 9.41. The number of carbonyl (C=O) groups excluding carboxylic acids is 1. The minimum absolute atomic E-state index is 0. The van der Waals surface area contributed by atoms with E-state index in [4.69, 9.17) is 0 Å². The van der Waals surface area contributed by atoms with Gasteiger partial charge in [0.2, 0.25) is 5.91 Å². The summed E-state index contributed by atoms with van der Waals surface area (Å²) in [5, 5.41) is 3.37. The number of nitrogens with zero attached hydrogens (tertiary/aromatic N) is 4. The van der Waals surface area contributed by atoms with Crippen LogP contribution in [0.2, 0.25) is 0 Å². The van der Waals surface area contributed by atoms with E-state index in [1.165, 1.54) is 6.42 Å². The third kappa shape index (κ3) is 5.57. The van der Waals surface area contributed by atoms with Crippen molar-refractivity contribution >= 4 is 36.4 Å². The molecule has 2 fully saturated rings. The Labute approximate surface area is 173 Å². The molecule has 0 saturated carbocycles. The fourth-order valence-corrected chi connectivity index (χ4v) is 3.89. The number of piperazine rings is 1. The summed E-state index contributed by atoms with van der Waals surface area (Å²) in [6, 6.07) is 6.06. The van der Waals surface area contributed by atoms with Crippen molar-refractivity contribution in [3.8, 4) is 0 Å². The topological polar surface area (TPSA) is 52.9 Å². The number of halogens is 2. The normalized spacial score (nSPS) is 20.3. The molecule has 0 radical (unpaired) electrons. The van der Waals surface area contributed by atoms with Gasteiger partial charge in [0.1, 0.15) is 5.65 Å². The molecule has 8 heteroatoms. The zero-order valence-electron chi connectivity index (χ0n) is 15.5. The number of amides is 1. The highest BCUT2D eigenvalue weighted by molar-refractivity contribution is 5.85. The second kappa shape index (κ2) is 10.3. The molecule has 2 aliphatic rings. The molecule has 2 aromatic rings. The maximum Gasteiger partial charge on any atom is 0.222 e. The van der Waals surface area contributed by atoms with Crippen molar-refractivity contribution in [3.05, 3.63) is 36.3 Å². The van der Waals surface area contributed by atoms with Crippen LogP contribution in [-0.4, -0.2) is 64.4 Å². The standard InChI is InChI=1S/C19H27N5O.2ClH/c25-19(5-4-16-6-7-20-13-16)23-11-9-22(10-12-23)14-17-15-24-8-2-1-3-18(24)21-17;;/h1-3,8,15-16,20H,4-7,9-14H2;2*1H. The van der Waals surface area contributed by atoms with Crippen molar-refractivity contribution in [2.45, 2.75) is 25.8 Å². The Morgan fingerprint density at radius 1 is 1.19 bits per heavy atom. The monoisotopic (exact) mass is 413 g/mol. The van der Waals surface area contributed by atoms with E-state index in [0.29, 0.717) is 18.2 Å². The first-order valence-corrected chi connectivity index (χ1v) is 9.41. The van der Waals surface area contributed by atoms with Crippen LogP contribution >= 0.6 is 24.8 Å². The van der Waals surface area contributed by atoms with Gasteiger partial charge in [-0.05, 0) is 44.0 Å². The van der Waals surface area contributed by atoms with Crippen LogP contribution < -0.4 is 5.32 Å². The van der Waals surface area contributed by atoms with Gasteiger partial charge in [-0.15, -0.1) is 24.8 Å². The van der Waals surface area contributed by atoms with Gasteiger partial charge in [0.15, 0.2) is 0 Å². The minimum Gasteiger partial charge on any atom is -0.340 e. The molecule has 1 unspecified atom stereocenters. The Bertz CT molecular complexity index is 691. The second-order valence-corrected chi connectivity index (χ2v) is 7.25. The van der Waals surface area contributed by atoms with Gasteiger partial charge in [0.05, 0.1) is 5.69 Å². The molecule has 2 aliphatic heterocycles. The van der Waals surface area contributed by atoms with Crippen LogP contribution in [0.25, 0.3) is 5.65 Å². The summed E-state index contributed by atoms with van der Waals surface area (Å²) in [5.41, 5.74) is 2.09. The molecule has 2 aromatic heterocycles. The molecule has 27 heavy (non-hydrogen) atoms. The van der Waals surface area contributed by atoms with Crippen molar-refractivity contribution in [3.63, 3.8) is 0 Å². The van der Waals surface area contributed by atoms with E-state index in [0.717, 1.165) is 63.6 Å². The van der Waals surface area contributed by atoms with Crippen LogP contribution in [0.5, 0.6) is 0 Å². The van der Waals surface area contributed by atoms with E-state index < -0.39 is 0 Å². The number of hydrogen-bond acceptors (Lipinski definition) is 4. The number of aromatic nitrogens is 2. The van der Waals surface area contributed by atoms with Gasteiger partial charge >= 0.3 is 0 Å². The molecule has 0 aliphatic carbocycles. The number of pyridine rings is 1. The van der Waals surface area contributed by atoms with Gasteiger partial charge in [-0.25, -0.2) is 4.98 Å². The predicted octanol–water partition coefficient (Wildman–Crippen LogP) is 2.21. The van der Waals surface area contributed by atoms with E-state index in [1.807, 2.05) is 29.3 Å². The fourth-order valence-electron chi connectivity index (χ4n) is 3.89. The zero-order chi connectivity index (χ0) is 17.1. The predicted molar refractivity (Wildman–Crippen MR) is 112 cm³/mol. The third-order valence-corrected chi connectivity index (χ3v) is 5.45. The third-order valence-electron chi connectivity index (χ3n) is 5.45. The number of carbonyl (C=O) groups is 1. The maximum atomic E-state index is 12.4. The lowest BCUT2D eigenvalue weighted by atomic mass is 10.0. The minimum atomic E-state index is 0. The Morgan fingerprint density at radius 2 is 2.00 bits per heavy atom. The quantitative estimate of drug-likeness (QED) is 0.815. The van der Waals surface area contributed by atoms with Crippen molar-refractivity contribution in [1.82, 2.24) is 24.5 Å². The highest BCUT2D eigenvalue weighted by Crippen LogP contribution is 2.16. The van der Waals surface area contributed by atoms with E-state index in [-0.39, 0.29) is 24.8 Å². The largest absolute Gasteiger partial charge is 0.340 e. The lowest BCUT2D eigenvalue weighted by Crippen LogP contribution is -2.48. The number of hydrogen-bond donors (Lipinski definition) is 1. The van der Waals surface area contributed by atoms with Crippen molar-refractivity contribution < 1.29 is 4.79 Å². The molecule has 0 bridgehead atoms. The van der Waals surface area contributed by atoms with Gasteiger partial charge in [-0.3, -0.25) is 9.69 Å². The van der Waals surface area contributed by atoms with E-state index in [2.05, 4.69) is 25.8 Å². The first-order chi connectivity index (χ1) is 12.3. The first kappa shape index (κ1) is 22.0. The smallest absolute Gasteiger partial charge is 0.222 e. The highest BCUT2D eigenvalue weighted by Gasteiger charge is 2.23. The van der Waals surface area contributed by atoms with Gasteiger partial charge < -0.3 is 14.6 Å². The maximum absolute atomic E-state index is 12.4. The molecular formula is C19H29Cl2N5O. The molecule has 4 rings (SSSR count). The average Bonchev–Trinajstić information content (AvgIpc) is 3.29. The van der Waals surface area contributed by atoms with Crippen molar-refractivity contribution in [2.24, 2.45) is 5.92 Å². The van der Waals surface area contributed by atoms with Crippen molar-refractivity contribution in [2.75, 3.05) is 39.3 Å². The summed E-state index contributed by atoms with van der Waals surface area (Å²) < 4.78 is 2.06. The molecule has 150 valence electrons. The summed E-state index contributed by atoms with van der Waals surface area (Å²) in [5.74, 6) is 1.03. The molecule has 2 saturated heterocycles. The van der Waals surface area contributed by atoms with Crippen molar-refractivity contribution in [1.29, 1.82) is 0 Å². The van der Waals surface area contributed by atoms with Crippen LogP contribution in [0.3, 0.4) is 0 Å². The molecule has 6 nitrogen and oxygen atoms in total. The SMILES string of the molecule is Cl.Cl.O=C(CCC1CCNC1)N1CCN(Cc2cn3ccccc3n2)CC1. The Kier molecular flexibility index (Phi) is 8.35. The van der Waals surface area contributed by atoms with Gasteiger partial charge in [-0.1, -0.05) is 6.07 Å². The molecule has 1 N–H and O–H groups in total. The summed E-state index contributed by atoms with van der Waals surface area (Å²) >= 11 is 0. The molecule has 0 spiro atoms. The van der Waals surface area contributed by atoms with E-state index in [1.54, 1.807) is 0 Å². The lowest BCUT2D eigenvalue weighted by Gasteiger charge is -2.34. The molecule has 1 atom stereocenters. The van der Waals surface area contributed by atoms with Crippen LogP contribution in [0.4, 0.5) is 0 Å². The van der Waals surface area contributed by atoms with Gasteiger partial charge in [0, 0.05) is 51.5 Å². The summed E-state index contributed by atoms with van der Waals surface area (Å²) in [4.78, 5) is 21.5. The Morgan fingerprint density at radius 3 is 2.70 bits per heavy atom. The number of nitrogens with one attached hydrogen (secondary N) is 1. The van der Waals surface area contributed by atoms with Gasteiger partial charge in [-0.2, -0.15) is 0 Å². The summed E-state index contributed by atoms with van der Waals surface area (Å²) in [7, 11) is 0. The number of rotatable bonds is 5. The second-order valence-electron chi connectivity index (χ2n) is 7.25. The van der Waals surface area contributed by atoms with Crippen LogP contribution in [0.15, 0.2) is 30.6 Å². The van der Waals surface area contributed by atoms with Gasteiger partial charge in [0.25, 0.3) is 0 Å². The highest BCUT2D eigenvalue weighted by atomic mass is 35.5. The molecule has 0 aromatic carbocycles. The van der Waals surface area contributed by atoms with Crippen LogP contribution in [0.1, 0.15) is 25.0 Å². The number of imidazole rings is 1. The summed E-state index contributed by atoms with van der Waals surface area (Å²) in [6.45, 7) is 6.61. The van der Waals surface area contributed by atoms with E-state index >= 15 is 0 Å². The number of fused-ring (bicyclic) bond motifs is 1. The average molecular weight is 414 g/mol. The van der Waals surface area contributed by atoms with E-state index in [9.17, 15) is 4.79 Å². The summed E-state index contributed by atoms with van der Waals surface area (Å²) in [6.07, 6.45) is 7.09. The molecule has 1 amide bonds. The zero-order valence-corrected chi connectivity index (χ0v) is 17.2. The Hall–Kier alpha value is -1.34. The molecule has 4 heterocycles. The van der Waals surface area contributed by atoms with Crippen LogP contribution in [-0.2, 0) is 11.3 Å². The van der Waals surface area contributed by atoms with Crippen LogP contribution in [0, 0.1) is 5.92 Å².